The number of rotatable bonds is 3. The molecule has 25 heavy (non-hydrogen) atoms. The molecular weight excluding hydrogens is 353 g/mol. The van der Waals surface area contributed by atoms with Gasteiger partial charge in [0, 0.05) is 31.1 Å². The molecule has 0 radical (unpaired) electrons. The summed E-state index contributed by atoms with van der Waals surface area (Å²) in [6.45, 7) is 5.61. The number of halogens is 3. The van der Waals surface area contributed by atoms with E-state index in [4.69, 9.17) is 0 Å². The zero-order valence-corrected chi connectivity index (χ0v) is 14.9. The van der Waals surface area contributed by atoms with Gasteiger partial charge in [0.25, 0.3) is 0 Å². The van der Waals surface area contributed by atoms with Gasteiger partial charge in [0.1, 0.15) is 23.4 Å². The van der Waals surface area contributed by atoms with Crippen LogP contribution in [-0.2, 0) is 11.2 Å². The Bertz CT molecular complexity index is 782. The third-order valence-electron chi connectivity index (χ3n) is 4.41. The number of nitrogens with zero attached hydrogens (tertiary/aromatic N) is 4. The monoisotopic (exact) mass is 372 g/mol. The minimum Gasteiger partial charge on any atom is -0.352 e. The van der Waals surface area contributed by atoms with Crippen LogP contribution in [0.25, 0.3) is 10.2 Å². The first-order valence-corrected chi connectivity index (χ1v) is 8.94. The fourth-order valence-corrected chi connectivity index (χ4v) is 4.21. The van der Waals surface area contributed by atoms with Crippen molar-refractivity contribution in [3.8, 4) is 0 Å². The van der Waals surface area contributed by atoms with E-state index < -0.39 is 18.5 Å². The molecule has 0 unspecified atom stereocenters. The molecule has 0 N–H and O–H groups in total. The molecule has 2 aromatic heterocycles. The van der Waals surface area contributed by atoms with Gasteiger partial charge in [-0.15, -0.1) is 11.3 Å². The summed E-state index contributed by atoms with van der Waals surface area (Å²) in [5.74, 6) is -0.0543. The summed E-state index contributed by atoms with van der Waals surface area (Å²) in [5, 5.41) is 1.01. The van der Waals surface area contributed by atoms with E-state index in [0.717, 1.165) is 28.0 Å². The minimum absolute atomic E-state index is 0.268. The number of piperazine rings is 1. The van der Waals surface area contributed by atoms with Crippen molar-refractivity contribution in [2.45, 2.75) is 32.9 Å². The topological polar surface area (TPSA) is 49.3 Å². The SMILES string of the molecule is CCc1sc2ncnc(N3CCN(C(=O)CC(F)(F)F)CC3)c2c1C. The van der Waals surface area contributed by atoms with Gasteiger partial charge in [-0.05, 0) is 18.9 Å². The number of alkyl halides is 3. The summed E-state index contributed by atoms with van der Waals surface area (Å²) in [7, 11) is 0. The van der Waals surface area contributed by atoms with E-state index in [9.17, 15) is 18.0 Å². The molecule has 0 atom stereocenters. The number of hydrogen-bond donors (Lipinski definition) is 0. The summed E-state index contributed by atoms with van der Waals surface area (Å²) in [6.07, 6.45) is -3.41. The highest BCUT2D eigenvalue weighted by molar-refractivity contribution is 7.18. The highest BCUT2D eigenvalue weighted by atomic mass is 32.1. The van der Waals surface area contributed by atoms with Crippen LogP contribution < -0.4 is 4.90 Å². The van der Waals surface area contributed by atoms with E-state index in [1.165, 1.54) is 16.1 Å². The molecule has 1 saturated heterocycles. The number of carbonyl (C=O) groups is 1. The van der Waals surface area contributed by atoms with Crippen LogP contribution in [-0.4, -0.2) is 53.1 Å². The van der Waals surface area contributed by atoms with Crippen molar-refractivity contribution in [1.29, 1.82) is 0 Å². The Hall–Kier alpha value is -1.90. The lowest BCUT2D eigenvalue weighted by Gasteiger charge is -2.35. The van der Waals surface area contributed by atoms with Crippen LogP contribution in [0, 0.1) is 6.92 Å². The second-order valence-electron chi connectivity index (χ2n) is 6.04. The molecule has 5 nitrogen and oxygen atoms in total. The van der Waals surface area contributed by atoms with Gasteiger partial charge in [0.15, 0.2) is 0 Å². The maximum absolute atomic E-state index is 12.4. The van der Waals surface area contributed by atoms with Crippen LogP contribution in [0.3, 0.4) is 0 Å². The van der Waals surface area contributed by atoms with E-state index in [1.807, 2.05) is 11.8 Å². The van der Waals surface area contributed by atoms with Crippen LogP contribution >= 0.6 is 11.3 Å². The fraction of sp³-hybridized carbons (Fsp3) is 0.562. The van der Waals surface area contributed by atoms with Gasteiger partial charge in [-0.3, -0.25) is 4.79 Å². The third kappa shape index (κ3) is 3.70. The molecule has 0 saturated carbocycles. The van der Waals surface area contributed by atoms with E-state index >= 15 is 0 Å². The average Bonchev–Trinajstić information content (AvgIpc) is 2.90. The lowest BCUT2D eigenvalue weighted by atomic mass is 10.1. The number of carbonyl (C=O) groups excluding carboxylic acids is 1. The molecule has 0 bridgehead atoms. The van der Waals surface area contributed by atoms with Gasteiger partial charge in [-0.2, -0.15) is 13.2 Å². The molecule has 2 aromatic rings. The van der Waals surface area contributed by atoms with E-state index in [1.54, 1.807) is 11.3 Å². The van der Waals surface area contributed by atoms with E-state index in [0.29, 0.717) is 13.1 Å². The molecule has 3 rings (SSSR count). The van der Waals surface area contributed by atoms with E-state index in [-0.39, 0.29) is 13.1 Å². The van der Waals surface area contributed by atoms with Crippen LogP contribution in [0.5, 0.6) is 0 Å². The Morgan fingerprint density at radius 1 is 1.24 bits per heavy atom. The first-order chi connectivity index (χ1) is 11.8. The summed E-state index contributed by atoms with van der Waals surface area (Å²) >= 11 is 1.65. The third-order valence-corrected chi connectivity index (χ3v) is 5.75. The smallest absolute Gasteiger partial charge is 0.352 e. The van der Waals surface area contributed by atoms with E-state index in [2.05, 4.69) is 16.9 Å². The van der Waals surface area contributed by atoms with Crippen molar-refractivity contribution in [2.75, 3.05) is 31.1 Å². The molecule has 1 amide bonds. The van der Waals surface area contributed by atoms with Crippen molar-refractivity contribution in [1.82, 2.24) is 14.9 Å². The molecule has 9 heteroatoms. The number of anilines is 1. The van der Waals surface area contributed by atoms with Gasteiger partial charge >= 0.3 is 6.18 Å². The fourth-order valence-electron chi connectivity index (χ4n) is 3.13. The lowest BCUT2D eigenvalue weighted by molar-refractivity contribution is -0.161. The predicted molar refractivity (Wildman–Crippen MR) is 91.0 cm³/mol. The molecule has 1 aliphatic heterocycles. The van der Waals surface area contributed by atoms with Crippen molar-refractivity contribution in [2.24, 2.45) is 0 Å². The lowest BCUT2D eigenvalue weighted by Crippen LogP contribution is -2.49. The molecule has 136 valence electrons. The molecule has 0 aromatic carbocycles. The Morgan fingerprint density at radius 3 is 2.52 bits per heavy atom. The van der Waals surface area contributed by atoms with Crippen LogP contribution in [0.2, 0.25) is 0 Å². The standard InChI is InChI=1S/C16H19F3N4OS/c1-3-11-10(2)13-14(20-9-21-15(13)25-11)23-6-4-22(5-7-23)12(24)8-16(17,18)19/h9H,3-8H2,1-2H3. The van der Waals surface area contributed by atoms with Crippen LogP contribution in [0.15, 0.2) is 6.33 Å². The van der Waals surface area contributed by atoms with Crippen LogP contribution in [0.4, 0.5) is 19.0 Å². The molecule has 0 aliphatic carbocycles. The number of thiophene rings is 1. The maximum Gasteiger partial charge on any atom is 0.397 e. The second-order valence-corrected chi connectivity index (χ2v) is 7.12. The number of fused-ring (bicyclic) bond motifs is 1. The molecule has 1 aliphatic rings. The number of aryl methyl sites for hydroxylation is 2. The quantitative estimate of drug-likeness (QED) is 0.831. The van der Waals surface area contributed by atoms with Crippen molar-refractivity contribution in [3.63, 3.8) is 0 Å². The average molecular weight is 372 g/mol. The summed E-state index contributed by atoms with van der Waals surface area (Å²) in [6, 6.07) is 0. The minimum atomic E-state index is -4.46. The molecule has 3 heterocycles. The van der Waals surface area contributed by atoms with Crippen molar-refractivity contribution < 1.29 is 18.0 Å². The van der Waals surface area contributed by atoms with Gasteiger partial charge in [0.05, 0.1) is 5.39 Å². The Labute approximate surface area is 147 Å². The van der Waals surface area contributed by atoms with Gasteiger partial charge in [-0.1, -0.05) is 6.92 Å². The Balaban J connectivity index is 1.76. The molecule has 1 fully saturated rings. The highest BCUT2D eigenvalue weighted by Crippen LogP contribution is 2.35. The zero-order chi connectivity index (χ0) is 18.2. The molecular formula is C16H19F3N4OS. The summed E-state index contributed by atoms with van der Waals surface area (Å²) < 4.78 is 37.2. The number of aromatic nitrogens is 2. The van der Waals surface area contributed by atoms with Gasteiger partial charge < -0.3 is 9.80 Å². The van der Waals surface area contributed by atoms with Crippen molar-refractivity contribution >= 4 is 33.3 Å². The van der Waals surface area contributed by atoms with Crippen molar-refractivity contribution in [3.05, 3.63) is 16.8 Å². The van der Waals surface area contributed by atoms with Gasteiger partial charge in [-0.25, -0.2) is 9.97 Å². The highest BCUT2D eigenvalue weighted by Gasteiger charge is 2.34. The summed E-state index contributed by atoms with van der Waals surface area (Å²) in [5.41, 5.74) is 1.16. The predicted octanol–water partition coefficient (Wildman–Crippen LogP) is 3.16. The Morgan fingerprint density at radius 2 is 1.92 bits per heavy atom. The largest absolute Gasteiger partial charge is 0.397 e. The summed E-state index contributed by atoms with van der Waals surface area (Å²) in [4.78, 5) is 26.0. The van der Waals surface area contributed by atoms with Crippen LogP contribution in [0.1, 0.15) is 23.8 Å². The first kappa shape index (κ1) is 17.9. The second kappa shape index (κ2) is 6.78. The molecule has 0 spiro atoms. The normalized spacial score (nSPS) is 15.9. The van der Waals surface area contributed by atoms with Gasteiger partial charge in [0.2, 0.25) is 5.91 Å². The number of hydrogen-bond acceptors (Lipinski definition) is 5. The zero-order valence-electron chi connectivity index (χ0n) is 14.1. The number of amides is 1. The first-order valence-electron chi connectivity index (χ1n) is 8.12. The Kier molecular flexibility index (Phi) is 4.86. The maximum atomic E-state index is 12.4.